The molecule has 1 aromatic carbocycles. The molecule has 0 radical (unpaired) electrons. The minimum atomic E-state index is -0.140. The molecule has 1 aliphatic carbocycles. The van der Waals surface area contributed by atoms with E-state index in [1.165, 1.54) is 50.4 Å². The summed E-state index contributed by atoms with van der Waals surface area (Å²) in [6, 6.07) is 7.55. The average Bonchev–Trinajstić information content (AvgIpc) is 2.36. The molecule has 1 unspecified atom stereocenters. The first kappa shape index (κ1) is 12.9. The summed E-state index contributed by atoms with van der Waals surface area (Å²) in [5, 5.41) is 0. The van der Waals surface area contributed by atoms with Crippen LogP contribution in [0.1, 0.15) is 38.2 Å². The molecule has 2 aliphatic rings. The number of hydrogen-bond donors (Lipinski definition) is 0. The van der Waals surface area contributed by atoms with Gasteiger partial charge in [0.25, 0.3) is 0 Å². The third-order valence-electron chi connectivity index (χ3n) is 4.35. The van der Waals surface area contributed by atoms with Gasteiger partial charge in [0.05, 0.1) is 0 Å². The molecule has 0 N–H and O–H groups in total. The summed E-state index contributed by atoms with van der Waals surface area (Å²) in [5.41, 5.74) is 2.51. The van der Waals surface area contributed by atoms with Gasteiger partial charge in [-0.15, -0.1) is 0 Å². The van der Waals surface area contributed by atoms with Gasteiger partial charge in [-0.05, 0) is 42.9 Å². The van der Waals surface area contributed by atoms with Crippen molar-refractivity contribution in [2.45, 2.75) is 38.6 Å². The molecule has 0 bridgehead atoms. The summed E-state index contributed by atoms with van der Waals surface area (Å²) in [4.78, 5) is 2.59. The molecule has 102 valence electrons. The zero-order valence-corrected chi connectivity index (χ0v) is 11.6. The van der Waals surface area contributed by atoms with E-state index in [0.29, 0.717) is 6.04 Å². The molecule has 1 heterocycles. The zero-order chi connectivity index (χ0) is 13.2. The van der Waals surface area contributed by atoms with Crippen molar-refractivity contribution in [1.29, 1.82) is 0 Å². The van der Waals surface area contributed by atoms with Gasteiger partial charge in [-0.1, -0.05) is 37.1 Å². The third-order valence-corrected chi connectivity index (χ3v) is 4.35. The van der Waals surface area contributed by atoms with Crippen molar-refractivity contribution in [3.63, 3.8) is 0 Å². The summed E-state index contributed by atoms with van der Waals surface area (Å²) in [6.45, 7) is 4.77. The van der Waals surface area contributed by atoms with Crippen molar-refractivity contribution in [3.8, 4) is 0 Å². The average molecular weight is 259 g/mol. The Labute approximate surface area is 115 Å². The Morgan fingerprint density at radius 2 is 2.11 bits per heavy atom. The maximum absolute atomic E-state index is 13.3. The lowest BCUT2D eigenvalue weighted by molar-refractivity contribution is 0.0671. The third kappa shape index (κ3) is 2.89. The van der Waals surface area contributed by atoms with Crippen LogP contribution < -0.4 is 0 Å². The molecule has 1 atom stereocenters. The molecular weight excluding hydrogens is 237 g/mol. The van der Waals surface area contributed by atoms with Crippen molar-refractivity contribution >= 4 is 6.08 Å². The molecule has 1 saturated carbocycles. The Balaban J connectivity index is 1.79. The van der Waals surface area contributed by atoms with Crippen LogP contribution in [0, 0.1) is 11.7 Å². The molecule has 1 saturated heterocycles. The monoisotopic (exact) mass is 259 g/mol. The number of rotatable bonds is 2. The van der Waals surface area contributed by atoms with E-state index in [9.17, 15) is 4.39 Å². The van der Waals surface area contributed by atoms with Gasteiger partial charge in [0.2, 0.25) is 0 Å². The minimum Gasteiger partial charge on any atom is -0.296 e. The Bertz CT molecular complexity index is 474. The van der Waals surface area contributed by atoms with Crippen molar-refractivity contribution in [3.05, 3.63) is 41.2 Å². The van der Waals surface area contributed by atoms with Gasteiger partial charge < -0.3 is 0 Å². The minimum absolute atomic E-state index is 0.140. The maximum atomic E-state index is 13.3. The van der Waals surface area contributed by atoms with Gasteiger partial charge in [0.15, 0.2) is 0 Å². The standard InChI is InChI=1S/C17H22FN/c1-13-11-19(12-13)17-8-3-2-6-15(17)9-14-5-4-7-16(18)10-14/h4-5,7,9-10,13,17H,2-3,6,8,11-12H2,1H3. The lowest BCUT2D eigenvalue weighted by Crippen LogP contribution is -2.52. The van der Waals surface area contributed by atoms with Gasteiger partial charge >= 0.3 is 0 Å². The molecule has 19 heavy (non-hydrogen) atoms. The second-order valence-corrected chi connectivity index (χ2v) is 6.09. The summed E-state index contributed by atoms with van der Waals surface area (Å²) in [7, 11) is 0. The largest absolute Gasteiger partial charge is 0.296 e. The van der Waals surface area contributed by atoms with Crippen molar-refractivity contribution < 1.29 is 4.39 Å². The Morgan fingerprint density at radius 1 is 1.26 bits per heavy atom. The summed E-state index contributed by atoms with van der Waals surface area (Å²) < 4.78 is 13.3. The van der Waals surface area contributed by atoms with Crippen LogP contribution >= 0.6 is 0 Å². The molecule has 0 spiro atoms. The maximum Gasteiger partial charge on any atom is 0.123 e. The van der Waals surface area contributed by atoms with Crippen LogP contribution in [0.4, 0.5) is 4.39 Å². The predicted molar refractivity (Wildman–Crippen MR) is 77.4 cm³/mol. The van der Waals surface area contributed by atoms with E-state index in [4.69, 9.17) is 0 Å². The molecule has 3 rings (SSSR count). The molecule has 1 nitrogen and oxygen atoms in total. The van der Waals surface area contributed by atoms with Gasteiger partial charge in [0, 0.05) is 19.1 Å². The van der Waals surface area contributed by atoms with Gasteiger partial charge in [-0.2, -0.15) is 0 Å². The van der Waals surface area contributed by atoms with Crippen molar-refractivity contribution in [1.82, 2.24) is 4.90 Å². The van der Waals surface area contributed by atoms with Crippen LogP contribution in [0.3, 0.4) is 0 Å². The Morgan fingerprint density at radius 3 is 2.84 bits per heavy atom. The van der Waals surface area contributed by atoms with E-state index >= 15 is 0 Å². The molecule has 1 aliphatic heterocycles. The molecule has 0 amide bonds. The van der Waals surface area contributed by atoms with Gasteiger partial charge in [-0.25, -0.2) is 4.39 Å². The van der Waals surface area contributed by atoms with Crippen LogP contribution in [-0.4, -0.2) is 24.0 Å². The number of nitrogens with zero attached hydrogens (tertiary/aromatic N) is 1. The highest BCUT2D eigenvalue weighted by molar-refractivity contribution is 5.54. The highest BCUT2D eigenvalue weighted by Crippen LogP contribution is 2.33. The fraction of sp³-hybridized carbons (Fsp3) is 0.529. The van der Waals surface area contributed by atoms with Crippen LogP contribution in [0.15, 0.2) is 29.8 Å². The van der Waals surface area contributed by atoms with Gasteiger partial charge in [-0.3, -0.25) is 4.90 Å². The number of likely N-dealkylation sites (tertiary alicyclic amines) is 1. The van der Waals surface area contributed by atoms with Crippen LogP contribution in [0.5, 0.6) is 0 Å². The topological polar surface area (TPSA) is 3.24 Å². The van der Waals surface area contributed by atoms with Crippen LogP contribution in [0.2, 0.25) is 0 Å². The smallest absolute Gasteiger partial charge is 0.123 e. The molecule has 0 aromatic heterocycles. The second kappa shape index (κ2) is 5.46. The highest BCUT2D eigenvalue weighted by atomic mass is 19.1. The molecule has 2 fully saturated rings. The summed E-state index contributed by atoms with van der Waals surface area (Å²) in [6.07, 6.45) is 7.27. The number of benzene rings is 1. The fourth-order valence-corrected chi connectivity index (χ4v) is 3.42. The lowest BCUT2D eigenvalue weighted by atomic mass is 9.84. The van der Waals surface area contributed by atoms with E-state index in [0.717, 1.165) is 11.5 Å². The van der Waals surface area contributed by atoms with Crippen LogP contribution in [0.25, 0.3) is 6.08 Å². The summed E-state index contributed by atoms with van der Waals surface area (Å²) in [5.74, 6) is 0.705. The predicted octanol–water partition coefficient (Wildman–Crippen LogP) is 4.10. The highest BCUT2D eigenvalue weighted by Gasteiger charge is 2.32. The van der Waals surface area contributed by atoms with E-state index in [2.05, 4.69) is 17.9 Å². The van der Waals surface area contributed by atoms with E-state index in [1.54, 1.807) is 12.1 Å². The summed E-state index contributed by atoms with van der Waals surface area (Å²) >= 11 is 0. The molecule has 1 aromatic rings. The fourth-order valence-electron chi connectivity index (χ4n) is 3.42. The first-order valence-corrected chi connectivity index (χ1v) is 7.42. The van der Waals surface area contributed by atoms with Crippen molar-refractivity contribution in [2.75, 3.05) is 13.1 Å². The zero-order valence-electron chi connectivity index (χ0n) is 11.6. The molecule has 2 heteroatoms. The number of hydrogen-bond acceptors (Lipinski definition) is 1. The quantitative estimate of drug-likeness (QED) is 0.772. The second-order valence-electron chi connectivity index (χ2n) is 6.09. The number of halogens is 1. The van der Waals surface area contributed by atoms with Gasteiger partial charge in [0.1, 0.15) is 5.82 Å². The molecular formula is C17H22FN. The van der Waals surface area contributed by atoms with E-state index < -0.39 is 0 Å². The van der Waals surface area contributed by atoms with Crippen LogP contribution in [-0.2, 0) is 0 Å². The SMILES string of the molecule is CC1CN(C2CCCCC2=Cc2cccc(F)c2)C1. The Hall–Kier alpha value is -1.15. The lowest BCUT2D eigenvalue weighted by Gasteiger charge is -2.45. The normalized spacial score (nSPS) is 27.5. The first-order chi connectivity index (χ1) is 9.22. The van der Waals surface area contributed by atoms with E-state index in [-0.39, 0.29) is 5.82 Å². The van der Waals surface area contributed by atoms with E-state index in [1.807, 2.05) is 6.07 Å². The first-order valence-electron chi connectivity index (χ1n) is 7.42. The van der Waals surface area contributed by atoms with Crippen molar-refractivity contribution in [2.24, 2.45) is 5.92 Å². The Kier molecular flexibility index (Phi) is 3.69.